The van der Waals surface area contributed by atoms with Crippen LogP contribution < -0.4 is 4.74 Å². The zero-order chi connectivity index (χ0) is 37.3. The minimum atomic E-state index is -0.186. The molecule has 0 bridgehead atoms. The van der Waals surface area contributed by atoms with Crippen molar-refractivity contribution in [2.75, 3.05) is 0 Å². The van der Waals surface area contributed by atoms with E-state index < -0.39 is 0 Å². The van der Waals surface area contributed by atoms with Gasteiger partial charge in [-0.15, -0.1) is 0 Å². The summed E-state index contributed by atoms with van der Waals surface area (Å²) in [5, 5.41) is 2.39. The molecule has 8 aromatic rings. The summed E-state index contributed by atoms with van der Waals surface area (Å²) in [6.07, 6.45) is 4.12. The number of imidazole rings is 1. The molecule has 0 unspecified atom stereocenters. The molecule has 266 valence electrons. The molecule has 5 heteroatoms. The lowest BCUT2D eigenvalue weighted by molar-refractivity contribution is 0.436. The molecule has 0 fully saturated rings. The van der Waals surface area contributed by atoms with Crippen LogP contribution in [0.5, 0.6) is 11.5 Å². The van der Waals surface area contributed by atoms with E-state index in [2.05, 4.69) is 204 Å². The summed E-state index contributed by atoms with van der Waals surface area (Å²) in [6, 6.07) is 43.3. The molecule has 3 aromatic heterocycles. The second kappa shape index (κ2) is 12.5. The summed E-state index contributed by atoms with van der Waals surface area (Å²) in [5.41, 5.74) is 9.80. The van der Waals surface area contributed by atoms with Gasteiger partial charge in [-0.1, -0.05) is 111 Å². The lowest BCUT2D eigenvalue weighted by Gasteiger charge is -2.26. The maximum absolute atomic E-state index is 7.28. The number of rotatable bonds is 5. The first-order valence-electron chi connectivity index (χ1n) is 18.6. The highest BCUT2D eigenvalue weighted by molar-refractivity contribution is 6.10. The Kier molecular flexibility index (Phi) is 8.10. The van der Waals surface area contributed by atoms with Crippen molar-refractivity contribution in [3.63, 3.8) is 0 Å². The average Bonchev–Trinajstić information content (AvgIpc) is 3.66. The van der Waals surface area contributed by atoms with Gasteiger partial charge in [0.25, 0.3) is 0 Å². The zero-order valence-corrected chi connectivity index (χ0v) is 32.4. The van der Waals surface area contributed by atoms with Gasteiger partial charge in [0.1, 0.15) is 28.7 Å². The van der Waals surface area contributed by atoms with Gasteiger partial charge in [-0.25, -0.2) is 4.98 Å². The van der Waals surface area contributed by atoms with Crippen molar-refractivity contribution >= 4 is 32.8 Å². The third-order valence-corrected chi connectivity index (χ3v) is 10.4. The van der Waals surface area contributed by atoms with Crippen molar-refractivity contribution in [1.82, 2.24) is 18.7 Å². The van der Waals surface area contributed by atoms with Crippen LogP contribution in [0, 0.1) is 0 Å². The molecule has 0 aliphatic rings. The summed E-state index contributed by atoms with van der Waals surface area (Å²) in [6.45, 7) is 20.3. The first kappa shape index (κ1) is 34.4. The van der Waals surface area contributed by atoms with Crippen LogP contribution in [0.1, 0.15) is 79.0 Å². The number of ether oxygens (including phenoxy) is 1. The van der Waals surface area contributed by atoms with Crippen molar-refractivity contribution in [2.45, 2.75) is 78.6 Å². The standard InChI is InChI=1S/C48H49N4O/c1-46(2,3)32-25-26-49-45(27-32)52-39-20-14-13-19-35(39)36-29-38(48(7,8)9)44(30-42(36)52)53-43-28-34(23-24-37(43)47(4,5)6)51-31-50(33-17-11-10-12-18-33)40-21-15-16-22-41(40)51/h10-31H,1-9H3/q+1. The van der Waals surface area contributed by atoms with Crippen LogP contribution in [-0.4, -0.2) is 18.7 Å². The van der Waals surface area contributed by atoms with Crippen molar-refractivity contribution in [1.29, 1.82) is 0 Å². The van der Waals surface area contributed by atoms with Gasteiger partial charge in [0.05, 0.1) is 11.0 Å². The van der Waals surface area contributed by atoms with Gasteiger partial charge >= 0.3 is 0 Å². The number of nitrogens with zero attached hydrogens (tertiary/aromatic N) is 4. The number of hydrogen-bond acceptors (Lipinski definition) is 2. The van der Waals surface area contributed by atoms with E-state index in [1.807, 2.05) is 6.20 Å². The highest BCUT2D eigenvalue weighted by Crippen LogP contribution is 2.44. The summed E-state index contributed by atoms with van der Waals surface area (Å²) >= 11 is 0. The Bertz CT molecular complexity index is 2640. The van der Waals surface area contributed by atoms with Crippen LogP contribution in [0.3, 0.4) is 0 Å². The Morgan fingerprint density at radius 3 is 1.75 bits per heavy atom. The molecule has 3 heterocycles. The van der Waals surface area contributed by atoms with Crippen LogP contribution >= 0.6 is 0 Å². The molecular formula is C48H49N4O+. The average molecular weight is 698 g/mol. The van der Waals surface area contributed by atoms with Crippen molar-refractivity contribution in [2.24, 2.45) is 0 Å². The van der Waals surface area contributed by atoms with Crippen LogP contribution in [0.2, 0.25) is 0 Å². The molecule has 5 aromatic carbocycles. The molecule has 0 aliphatic heterocycles. The molecule has 0 amide bonds. The van der Waals surface area contributed by atoms with Gasteiger partial charge in [-0.05, 0) is 70.3 Å². The molecule has 0 radical (unpaired) electrons. The normalized spacial score (nSPS) is 12.6. The fourth-order valence-electron chi connectivity index (χ4n) is 7.52. The highest BCUT2D eigenvalue weighted by Gasteiger charge is 2.28. The summed E-state index contributed by atoms with van der Waals surface area (Å²) < 4.78 is 14.1. The quantitative estimate of drug-likeness (QED) is 0.168. The summed E-state index contributed by atoms with van der Waals surface area (Å²) in [5.74, 6) is 2.60. The van der Waals surface area contributed by atoms with Gasteiger partial charge in [-0.3, -0.25) is 4.57 Å². The number of benzene rings is 5. The number of pyridine rings is 1. The zero-order valence-electron chi connectivity index (χ0n) is 32.4. The SMILES string of the molecule is CC(C)(C)c1ccnc(-n2c3ccccc3c3cc(C(C)(C)C)c(Oc4cc(-n5[cH+]n(-c6ccccc6)c6ccccc65)ccc4C(C)(C)C)cc32)c1. The predicted molar refractivity (Wildman–Crippen MR) is 222 cm³/mol. The van der Waals surface area contributed by atoms with E-state index in [9.17, 15) is 0 Å². The second-order valence-electron chi connectivity index (χ2n) is 17.3. The molecule has 0 aliphatic carbocycles. The molecule has 0 N–H and O–H groups in total. The van der Waals surface area contributed by atoms with Gasteiger partial charge in [0.2, 0.25) is 0 Å². The molecule has 0 saturated carbocycles. The first-order chi connectivity index (χ1) is 25.2. The fraction of sp³-hybridized carbons (Fsp3) is 0.250. The van der Waals surface area contributed by atoms with Crippen LogP contribution in [-0.2, 0) is 16.2 Å². The summed E-state index contributed by atoms with van der Waals surface area (Å²) in [7, 11) is 0. The Labute approximate surface area is 313 Å². The Morgan fingerprint density at radius 2 is 1.09 bits per heavy atom. The number of para-hydroxylation sites is 4. The molecule has 0 saturated heterocycles. The Hall–Kier alpha value is -5.68. The van der Waals surface area contributed by atoms with Gasteiger partial charge in [0.15, 0.2) is 17.4 Å². The lowest BCUT2D eigenvalue weighted by Crippen LogP contribution is -2.15. The molecule has 8 rings (SSSR count). The molecule has 0 spiro atoms. The maximum atomic E-state index is 7.28. The maximum Gasteiger partial charge on any atom is 0.168 e. The minimum absolute atomic E-state index is 0.0100. The third-order valence-electron chi connectivity index (χ3n) is 10.4. The second-order valence-corrected chi connectivity index (χ2v) is 17.3. The van der Waals surface area contributed by atoms with Crippen molar-refractivity contribution in [3.8, 4) is 28.7 Å². The number of hydrogen-bond donors (Lipinski definition) is 0. The fourth-order valence-corrected chi connectivity index (χ4v) is 7.52. The Morgan fingerprint density at radius 1 is 0.491 bits per heavy atom. The van der Waals surface area contributed by atoms with Crippen LogP contribution in [0.4, 0.5) is 0 Å². The van der Waals surface area contributed by atoms with E-state index >= 15 is 0 Å². The highest BCUT2D eigenvalue weighted by atomic mass is 16.5. The smallest absolute Gasteiger partial charge is 0.168 e. The molecule has 5 nitrogen and oxygen atoms in total. The van der Waals surface area contributed by atoms with E-state index in [1.54, 1.807) is 0 Å². The van der Waals surface area contributed by atoms with E-state index in [1.165, 1.54) is 16.3 Å². The monoisotopic (exact) mass is 697 g/mol. The third kappa shape index (κ3) is 6.18. The number of aromatic nitrogens is 4. The molecule has 0 atom stereocenters. The van der Waals surface area contributed by atoms with Gasteiger partial charge in [-0.2, -0.15) is 9.13 Å². The summed E-state index contributed by atoms with van der Waals surface area (Å²) in [4.78, 5) is 4.94. The molecule has 53 heavy (non-hydrogen) atoms. The van der Waals surface area contributed by atoms with Crippen molar-refractivity contribution < 1.29 is 4.74 Å². The predicted octanol–water partition coefficient (Wildman–Crippen LogP) is 12.9. The topological polar surface area (TPSA) is 36.9 Å². The van der Waals surface area contributed by atoms with Gasteiger partial charge in [0, 0.05) is 52.4 Å². The Balaban J connectivity index is 1.35. The van der Waals surface area contributed by atoms with E-state index in [0.29, 0.717) is 0 Å². The van der Waals surface area contributed by atoms with Gasteiger partial charge < -0.3 is 4.74 Å². The minimum Gasteiger partial charge on any atom is -0.456 e. The number of fused-ring (bicyclic) bond motifs is 4. The van der Waals surface area contributed by atoms with E-state index in [0.717, 1.165) is 61.9 Å². The van der Waals surface area contributed by atoms with Crippen LogP contribution in [0.25, 0.3) is 50.0 Å². The largest absolute Gasteiger partial charge is 0.456 e. The lowest BCUT2D eigenvalue weighted by atomic mass is 9.84. The molecular weight excluding hydrogens is 649 g/mol. The van der Waals surface area contributed by atoms with Crippen molar-refractivity contribution in [3.05, 3.63) is 151 Å². The first-order valence-corrected chi connectivity index (χ1v) is 18.6. The van der Waals surface area contributed by atoms with Crippen LogP contribution in [0.15, 0.2) is 134 Å². The van der Waals surface area contributed by atoms with E-state index in [-0.39, 0.29) is 16.2 Å². The van der Waals surface area contributed by atoms with E-state index in [4.69, 9.17) is 9.72 Å².